The summed E-state index contributed by atoms with van der Waals surface area (Å²) in [5.74, 6) is -1.48. The maximum absolute atomic E-state index is 13.5. The number of aryl methyl sites for hydroxylation is 1. The van der Waals surface area contributed by atoms with Crippen molar-refractivity contribution in [2.24, 2.45) is 0 Å². The molecular formula is C19H15FN2O7. The second-order valence-corrected chi connectivity index (χ2v) is 5.97. The van der Waals surface area contributed by atoms with Gasteiger partial charge in [0.15, 0.2) is 18.1 Å². The lowest BCUT2D eigenvalue weighted by atomic mass is 10.1. The number of halogens is 1. The van der Waals surface area contributed by atoms with Crippen LogP contribution in [0.2, 0.25) is 0 Å². The number of nitrogens with zero attached hydrogens (tertiary/aromatic N) is 1. The lowest BCUT2D eigenvalue weighted by Gasteiger charge is -2.06. The molecule has 0 aliphatic carbocycles. The Hall–Kier alpha value is -3.95. The first-order valence-corrected chi connectivity index (χ1v) is 8.32. The molecule has 0 saturated carbocycles. The minimum Gasteiger partial charge on any atom is -0.454 e. The van der Waals surface area contributed by atoms with Crippen molar-refractivity contribution in [2.45, 2.75) is 6.92 Å². The van der Waals surface area contributed by atoms with E-state index in [1.54, 1.807) is 6.92 Å². The molecule has 3 rings (SSSR count). The standard InChI is InChI=1S/C19H15FN2O7/c1-11-2-4-13(7-14(11)20)21-18(23)9-27-19(24)5-3-12-6-16-17(29-10-28-16)8-15(12)22(25)26/h2-8H,9-10H2,1H3,(H,21,23)/b5-3+. The number of amides is 1. The van der Waals surface area contributed by atoms with Crippen LogP contribution in [0, 0.1) is 22.9 Å². The molecule has 0 fully saturated rings. The monoisotopic (exact) mass is 402 g/mol. The van der Waals surface area contributed by atoms with E-state index in [-0.39, 0.29) is 29.5 Å². The molecule has 150 valence electrons. The van der Waals surface area contributed by atoms with Crippen molar-refractivity contribution in [1.29, 1.82) is 0 Å². The zero-order chi connectivity index (χ0) is 21.0. The Labute approximate surface area is 163 Å². The molecule has 10 heteroatoms. The van der Waals surface area contributed by atoms with Crippen LogP contribution in [0.4, 0.5) is 15.8 Å². The third-order valence-electron chi connectivity index (χ3n) is 3.92. The number of carbonyl (C=O) groups excluding carboxylic acids is 2. The molecule has 0 saturated heterocycles. The zero-order valence-corrected chi connectivity index (χ0v) is 15.1. The highest BCUT2D eigenvalue weighted by atomic mass is 19.1. The first-order chi connectivity index (χ1) is 13.8. The molecule has 1 heterocycles. The predicted molar refractivity (Wildman–Crippen MR) is 99.0 cm³/mol. The third kappa shape index (κ3) is 4.86. The average molecular weight is 402 g/mol. The van der Waals surface area contributed by atoms with Crippen LogP contribution in [0.15, 0.2) is 36.4 Å². The Morgan fingerprint density at radius 2 is 2.00 bits per heavy atom. The maximum atomic E-state index is 13.5. The number of nitro groups is 1. The largest absolute Gasteiger partial charge is 0.454 e. The number of fused-ring (bicyclic) bond motifs is 1. The fourth-order valence-corrected chi connectivity index (χ4v) is 2.45. The number of nitro benzene ring substituents is 1. The highest BCUT2D eigenvalue weighted by molar-refractivity contribution is 5.94. The van der Waals surface area contributed by atoms with E-state index in [2.05, 4.69) is 5.32 Å². The van der Waals surface area contributed by atoms with Crippen LogP contribution in [0.5, 0.6) is 11.5 Å². The van der Waals surface area contributed by atoms with Gasteiger partial charge in [0.25, 0.3) is 11.6 Å². The van der Waals surface area contributed by atoms with E-state index in [1.165, 1.54) is 30.3 Å². The molecule has 1 aliphatic heterocycles. The van der Waals surface area contributed by atoms with Gasteiger partial charge in [-0.05, 0) is 36.8 Å². The van der Waals surface area contributed by atoms with Crippen LogP contribution in [-0.2, 0) is 14.3 Å². The number of benzene rings is 2. The second-order valence-electron chi connectivity index (χ2n) is 5.97. The molecule has 1 amide bonds. The molecule has 0 unspecified atom stereocenters. The van der Waals surface area contributed by atoms with Gasteiger partial charge in [-0.15, -0.1) is 0 Å². The summed E-state index contributed by atoms with van der Waals surface area (Å²) in [6.07, 6.45) is 2.12. The number of ether oxygens (including phenoxy) is 3. The van der Waals surface area contributed by atoms with Crippen molar-refractivity contribution >= 4 is 29.3 Å². The smallest absolute Gasteiger partial charge is 0.331 e. The van der Waals surface area contributed by atoms with Gasteiger partial charge < -0.3 is 19.5 Å². The number of hydrogen-bond donors (Lipinski definition) is 1. The Morgan fingerprint density at radius 1 is 1.28 bits per heavy atom. The van der Waals surface area contributed by atoms with Crippen LogP contribution in [-0.4, -0.2) is 30.2 Å². The molecule has 0 bridgehead atoms. The average Bonchev–Trinajstić information content (AvgIpc) is 3.14. The Balaban J connectivity index is 1.59. The highest BCUT2D eigenvalue weighted by Crippen LogP contribution is 2.38. The van der Waals surface area contributed by atoms with E-state index in [0.29, 0.717) is 11.3 Å². The number of nitrogens with one attached hydrogen (secondary N) is 1. The molecular weight excluding hydrogens is 387 g/mol. The number of rotatable bonds is 6. The summed E-state index contributed by atoms with van der Waals surface area (Å²) in [4.78, 5) is 34.2. The summed E-state index contributed by atoms with van der Waals surface area (Å²) in [5, 5.41) is 13.6. The molecule has 29 heavy (non-hydrogen) atoms. The molecule has 0 radical (unpaired) electrons. The number of anilines is 1. The SMILES string of the molecule is Cc1ccc(NC(=O)COC(=O)/C=C/c2cc3c(cc2[N+](=O)[O-])OCO3)cc1F. The van der Waals surface area contributed by atoms with Gasteiger partial charge in [-0.25, -0.2) is 9.18 Å². The van der Waals surface area contributed by atoms with Crippen LogP contribution >= 0.6 is 0 Å². The van der Waals surface area contributed by atoms with E-state index in [9.17, 15) is 24.1 Å². The van der Waals surface area contributed by atoms with Crippen molar-refractivity contribution < 1.29 is 33.1 Å². The van der Waals surface area contributed by atoms with Crippen molar-refractivity contribution in [3.8, 4) is 11.5 Å². The van der Waals surface area contributed by atoms with Crippen LogP contribution < -0.4 is 14.8 Å². The molecule has 1 aliphatic rings. The summed E-state index contributed by atoms with van der Waals surface area (Å²) in [6.45, 7) is 0.920. The van der Waals surface area contributed by atoms with Gasteiger partial charge in [0, 0.05) is 11.8 Å². The minimum absolute atomic E-state index is 0.0539. The van der Waals surface area contributed by atoms with Gasteiger partial charge in [-0.2, -0.15) is 0 Å². The summed E-state index contributed by atoms with van der Waals surface area (Å²) in [5.41, 5.74) is 0.478. The number of carbonyl (C=O) groups is 2. The fraction of sp³-hybridized carbons (Fsp3) is 0.158. The van der Waals surface area contributed by atoms with Gasteiger partial charge in [-0.3, -0.25) is 14.9 Å². The first kappa shape index (κ1) is 19.8. The normalized spacial score (nSPS) is 12.1. The molecule has 2 aromatic carbocycles. The molecule has 0 aromatic heterocycles. The van der Waals surface area contributed by atoms with Crippen molar-refractivity contribution in [1.82, 2.24) is 0 Å². The summed E-state index contributed by atoms with van der Waals surface area (Å²) < 4.78 is 28.5. The predicted octanol–water partition coefficient (Wildman–Crippen LogP) is 2.97. The van der Waals surface area contributed by atoms with E-state index in [0.717, 1.165) is 12.1 Å². The first-order valence-electron chi connectivity index (χ1n) is 8.32. The van der Waals surface area contributed by atoms with Crippen LogP contribution in [0.3, 0.4) is 0 Å². The third-order valence-corrected chi connectivity index (χ3v) is 3.92. The van der Waals surface area contributed by atoms with Gasteiger partial charge in [0.1, 0.15) is 5.82 Å². The van der Waals surface area contributed by atoms with Crippen LogP contribution in [0.25, 0.3) is 6.08 Å². The summed E-state index contributed by atoms with van der Waals surface area (Å²) in [6, 6.07) is 6.72. The quantitative estimate of drug-likeness (QED) is 0.342. The van der Waals surface area contributed by atoms with Crippen molar-refractivity contribution in [2.75, 3.05) is 18.7 Å². The fourth-order valence-electron chi connectivity index (χ4n) is 2.45. The second kappa shape index (κ2) is 8.38. The van der Waals surface area contributed by atoms with Crippen LogP contribution in [0.1, 0.15) is 11.1 Å². The van der Waals surface area contributed by atoms with Gasteiger partial charge in [0.05, 0.1) is 16.6 Å². The molecule has 1 N–H and O–H groups in total. The zero-order valence-electron chi connectivity index (χ0n) is 15.1. The van der Waals surface area contributed by atoms with E-state index in [1.807, 2.05) is 0 Å². The van der Waals surface area contributed by atoms with E-state index < -0.39 is 29.2 Å². The Kier molecular flexibility index (Phi) is 5.72. The van der Waals surface area contributed by atoms with E-state index >= 15 is 0 Å². The van der Waals surface area contributed by atoms with Crippen molar-refractivity contribution in [3.05, 3.63) is 63.5 Å². The molecule has 9 nitrogen and oxygen atoms in total. The maximum Gasteiger partial charge on any atom is 0.331 e. The number of hydrogen-bond acceptors (Lipinski definition) is 7. The molecule has 2 aromatic rings. The Morgan fingerprint density at radius 3 is 2.69 bits per heavy atom. The van der Waals surface area contributed by atoms with Gasteiger partial charge in [0.2, 0.25) is 6.79 Å². The highest BCUT2D eigenvalue weighted by Gasteiger charge is 2.22. The molecule has 0 spiro atoms. The van der Waals surface area contributed by atoms with Crippen molar-refractivity contribution in [3.63, 3.8) is 0 Å². The molecule has 0 atom stereocenters. The van der Waals surface area contributed by atoms with E-state index in [4.69, 9.17) is 14.2 Å². The topological polar surface area (TPSA) is 117 Å². The van der Waals surface area contributed by atoms with Gasteiger partial charge >= 0.3 is 5.97 Å². The lowest BCUT2D eigenvalue weighted by molar-refractivity contribution is -0.385. The minimum atomic E-state index is -0.887. The summed E-state index contributed by atoms with van der Waals surface area (Å²) in [7, 11) is 0. The summed E-state index contributed by atoms with van der Waals surface area (Å²) >= 11 is 0. The Bertz CT molecular complexity index is 1020. The lowest BCUT2D eigenvalue weighted by Crippen LogP contribution is -2.20. The van der Waals surface area contributed by atoms with Gasteiger partial charge in [-0.1, -0.05) is 6.07 Å². The number of esters is 1.